The van der Waals surface area contributed by atoms with E-state index in [1.807, 2.05) is 18.2 Å². The summed E-state index contributed by atoms with van der Waals surface area (Å²) in [6.45, 7) is 7.53. The Balaban J connectivity index is 1.82. The summed E-state index contributed by atoms with van der Waals surface area (Å²) in [6, 6.07) is 5.88. The molecule has 2 rings (SSSR count). The zero-order chi connectivity index (χ0) is 12.1. The lowest BCUT2D eigenvalue weighted by Gasteiger charge is -2.26. The number of pyridine rings is 1. The molecule has 17 heavy (non-hydrogen) atoms. The maximum atomic E-state index is 5.65. The average Bonchev–Trinajstić information content (AvgIpc) is 2.24. The molecule has 1 saturated heterocycles. The van der Waals surface area contributed by atoms with Crippen LogP contribution in [-0.4, -0.2) is 30.8 Å². The number of hydrogen-bond donors (Lipinski definition) is 1. The van der Waals surface area contributed by atoms with Crippen molar-refractivity contribution in [2.24, 2.45) is 5.92 Å². The van der Waals surface area contributed by atoms with Crippen LogP contribution in [0.1, 0.15) is 19.5 Å². The van der Waals surface area contributed by atoms with Crippen molar-refractivity contribution >= 4 is 0 Å². The number of nitrogens with zero attached hydrogens (tertiary/aromatic N) is 1. The van der Waals surface area contributed by atoms with Gasteiger partial charge in [-0.05, 0) is 18.5 Å². The van der Waals surface area contributed by atoms with Gasteiger partial charge in [0.1, 0.15) is 6.10 Å². The van der Waals surface area contributed by atoms with Gasteiger partial charge in [-0.3, -0.25) is 0 Å². The molecule has 0 bridgehead atoms. The van der Waals surface area contributed by atoms with Crippen LogP contribution < -0.4 is 10.1 Å². The summed E-state index contributed by atoms with van der Waals surface area (Å²) in [5, 5.41) is 3.37. The largest absolute Gasteiger partial charge is 0.469 e. The Morgan fingerprint density at radius 1 is 1.47 bits per heavy atom. The molecule has 4 heteroatoms. The van der Waals surface area contributed by atoms with Gasteiger partial charge in [0.05, 0.1) is 18.9 Å². The van der Waals surface area contributed by atoms with Crippen LogP contribution in [0.2, 0.25) is 0 Å². The zero-order valence-electron chi connectivity index (χ0n) is 10.5. The van der Waals surface area contributed by atoms with E-state index in [0.29, 0.717) is 25.0 Å². The van der Waals surface area contributed by atoms with Crippen molar-refractivity contribution in [3.63, 3.8) is 0 Å². The number of aromatic nitrogens is 1. The molecular formula is C13H20N2O2. The van der Waals surface area contributed by atoms with E-state index in [0.717, 1.165) is 18.8 Å². The number of rotatable bonds is 6. The van der Waals surface area contributed by atoms with Crippen LogP contribution >= 0.6 is 0 Å². The molecule has 0 aliphatic carbocycles. The molecule has 1 aromatic heterocycles. The van der Waals surface area contributed by atoms with E-state index in [9.17, 15) is 0 Å². The minimum atomic E-state index is 0.182. The van der Waals surface area contributed by atoms with Gasteiger partial charge in [0.15, 0.2) is 0 Å². The fourth-order valence-electron chi connectivity index (χ4n) is 1.56. The van der Waals surface area contributed by atoms with Gasteiger partial charge in [-0.25, -0.2) is 4.98 Å². The van der Waals surface area contributed by atoms with Gasteiger partial charge < -0.3 is 14.8 Å². The van der Waals surface area contributed by atoms with Gasteiger partial charge in [-0.2, -0.15) is 0 Å². The van der Waals surface area contributed by atoms with Crippen molar-refractivity contribution in [1.82, 2.24) is 10.3 Å². The lowest BCUT2D eigenvalue weighted by Crippen LogP contribution is -2.38. The minimum absolute atomic E-state index is 0.182. The first-order valence-corrected chi connectivity index (χ1v) is 6.15. The van der Waals surface area contributed by atoms with Crippen molar-refractivity contribution in [3.05, 3.63) is 23.9 Å². The third-order valence-corrected chi connectivity index (χ3v) is 2.53. The molecule has 0 spiro atoms. The smallest absolute Gasteiger partial charge is 0.213 e. The van der Waals surface area contributed by atoms with E-state index < -0.39 is 0 Å². The third kappa shape index (κ3) is 3.98. The molecule has 0 amide bonds. The molecule has 1 N–H and O–H groups in total. The Kier molecular flexibility index (Phi) is 4.34. The van der Waals surface area contributed by atoms with E-state index in [2.05, 4.69) is 24.1 Å². The highest BCUT2D eigenvalue weighted by Crippen LogP contribution is 2.13. The van der Waals surface area contributed by atoms with Crippen LogP contribution in [0.3, 0.4) is 0 Å². The van der Waals surface area contributed by atoms with Gasteiger partial charge in [0, 0.05) is 12.6 Å². The second kappa shape index (κ2) is 5.98. The highest BCUT2D eigenvalue weighted by molar-refractivity contribution is 5.16. The predicted molar refractivity (Wildman–Crippen MR) is 66.0 cm³/mol. The number of ether oxygens (including phenoxy) is 2. The summed E-state index contributed by atoms with van der Waals surface area (Å²) in [4.78, 5) is 4.45. The zero-order valence-corrected chi connectivity index (χ0v) is 10.5. The Bertz CT molecular complexity index is 351. The maximum Gasteiger partial charge on any atom is 0.213 e. The normalized spacial score (nSPS) is 15.9. The Labute approximate surface area is 102 Å². The SMILES string of the molecule is CC(C)CNCc1cccc(OC2COC2)n1. The van der Waals surface area contributed by atoms with E-state index in [1.165, 1.54) is 0 Å². The molecule has 0 saturated carbocycles. The molecule has 0 atom stereocenters. The van der Waals surface area contributed by atoms with Crippen molar-refractivity contribution in [2.75, 3.05) is 19.8 Å². The first-order chi connectivity index (χ1) is 8.24. The van der Waals surface area contributed by atoms with Crippen molar-refractivity contribution in [1.29, 1.82) is 0 Å². The molecule has 0 aromatic carbocycles. The molecule has 1 aliphatic rings. The summed E-state index contributed by atoms with van der Waals surface area (Å²) in [5.74, 6) is 1.35. The summed E-state index contributed by atoms with van der Waals surface area (Å²) in [6.07, 6.45) is 0.182. The predicted octanol–water partition coefficient (Wildman–Crippen LogP) is 1.60. The van der Waals surface area contributed by atoms with Crippen LogP contribution in [0.25, 0.3) is 0 Å². The second-order valence-electron chi connectivity index (χ2n) is 4.77. The van der Waals surface area contributed by atoms with E-state index in [4.69, 9.17) is 9.47 Å². The fraction of sp³-hybridized carbons (Fsp3) is 0.615. The van der Waals surface area contributed by atoms with Crippen molar-refractivity contribution < 1.29 is 9.47 Å². The van der Waals surface area contributed by atoms with Crippen LogP contribution in [0.4, 0.5) is 0 Å². The molecule has 1 aliphatic heterocycles. The Hall–Kier alpha value is -1.13. The lowest BCUT2D eigenvalue weighted by atomic mass is 10.2. The van der Waals surface area contributed by atoms with Crippen LogP contribution in [-0.2, 0) is 11.3 Å². The summed E-state index contributed by atoms with van der Waals surface area (Å²) >= 11 is 0. The van der Waals surface area contributed by atoms with Crippen LogP contribution in [0, 0.1) is 5.92 Å². The first kappa shape index (κ1) is 12.3. The molecule has 0 unspecified atom stereocenters. The summed E-state index contributed by atoms with van der Waals surface area (Å²) in [5.41, 5.74) is 1.02. The van der Waals surface area contributed by atoms with Gasteiger partial charge in [0.2, 0.25) is 5.88 Å². The fourth-order valence-corrected chi connectivity index (χ4v) is 1.56. The lowest BCUT2D eigenvalue weighted by molar-refractivity contribution is -0.0813. The maximum absolute atomic E-state index is 5.65. The monoisotopic (exact) mass is 236 g/mol. The van der Waals surface area contributed by atoms with E-state index in [-0.39, 0.29) is 6.10 Å². The van der Waals surface area contributed by atoms with Gasteiger partial charge in [-0.15, -0.1) is 0 Å². The molecule has 1 aromatic rings. The van der Waals surface area contributed by atoms with Crippen molar-refractivity contribution in [3.8, 4) is 5.88 Å². The summed E-state index contributed by atoms with van der Waals surface area (Å²) < 4.78 is 10.7. The second-order valence-corrected chi connectivity index (χ2v) is 4.77. The molecule has 0 radical (unpaired) electrons. The van der Waals surface area contributed by atoms with Gasteiger partial charge >= 0.3 is 0 Å². The highest BCUT2D eigenvalue weighted by Gasteiger charge is 2.20. The first-order valence-electron chi connectivity index (χ1n) is 6.15. The van der Waals surface area contributed by atoms with Crippen LogP contribution in [0.15, 0.2) is 18.2 Å². The Morgan fingerprint density at radius 2 is 2.29 bits per heavy atom. The van der Waals surface area contributed by atoms with Crippen molar-refractivity contribution in [2.45, 2.75) is 26.5 Å². The quantitative estimate of drug-likeness (QED) is 0.815. The summed E-state index contributed by atoms with van der Waals surface area (Å²) in [7, 11) is 0. The van der Waals surface area contributed by atoms with Gasteiger partial charge in [-0.1, -0.05) is 19.9 Å². The van der Waals surface area contributed by atoms with Crippen LogP contribution in [0.5, 0.6) is 5.88 Å². The number of nitrogens with one attached hydrogen (secondary N) is 1. The standard InChI is InChI=1S/C13H20N2O2/c1-10(2)6-14-7-11-4-3-5-13(15-11)17-12-8-16-9-12/h3-5,10,12,14H,6-9H2,1-2H3. The molecule has 94 valence electrons. The van der Waals surface area contributed by atoms with Gasteiger partial charge in [0.25, 0.3) is 0 Å². The Morgan fingerprint density at radius 3 is 2.94 bits per heavy atom. The highest BCUT2D eigenvalue weighted by atomic mass is 16.6. The molecule has 4 nitrogen and oxygen atoms in total. The van der Waals surface area contributed by atoms with E-state index >= 15 is 0 Å². The number of hydrogen-bond acceptors (Lipinski definition) is 4. The van der Waals surface area contributed by atoms with E-state index in [1.54, 1.807) is 0 Å². The minimum Gasteiger partial charge on any atom is -0.469 e. The average molecular weight is 236 g/mol. The topological polar surface area (TPSA) is 43.4 Å². The molecule has 2 heterocycles. The molecule has 1 fully saturated rings. The molecular weight excluding hydrogens is 216 g/mol. The third-order valence-electron chi connectivity index (χ3n) is 2.53.